The molecule has 5 heteroatoms. The van der Waals surface area contributed by atoms with E-state index in [1.807, 2.05) is 6.07 Å². The number of aryl methyl sites for hydroxylation is 1. The molecule has 0 atom stereocenters. The van der Waals surface area contributed by atoms with Crippen LogP contribution in [0.25, 0.3) is 11.1 Å². The summed E-state index contributed by atoms with van der Waals surface area (Å²) in [5.74, 6) is 1.02. The van der Waals surface area contributed by atoms with Gasteiger partial charge in [0, 0.05) is 18.3 Å². The maximum Gasteiger partial charge on any atom is 0.269 e. The summed E-state index contributed by atoms with van der Waals surface area (Å²) in [4.78, 5) is 12.5. The minimum absolute atomic E-state index is 0.142. The first-order chi connectivity index (χ1) is 11.0. The van der Waals surface area contributed by atoms with Crippen LogP contribution < -0.4 is 16.0 Å². The summed E-state index contributed by atoms with van der Waals surface area (Å²) in [5.41, 5.74) is 7.54. The van der Waals surface area contributed by atoms with Gasteiger partial charge in [0.2, 0.25) is 0 Å². The first-order valence-electron chi connectivity index (χ1n) is 7.55. The molecular weight excluding hydrogens is 290 g/mol. The lowest BCUT2D eigenvalue weighted by atomic mass is 10.0. The van der Waals surface area contributed by atoms with Gasteiger partial charge in [0.15, 0.2) is 0 Å². The Hall–Kier alpha value is -2.74. The van der Waals surface area contributed by atoms with E-state index >= 15 is 0 Å². The molecule has 2 rings (SSSR count). The number of hydrogen-bond acceptors (Lipinski definition) is 4. The van der Waals surface area contributed by atoms with E-state index in [1.54, 1.807) is 35.0 Å². The van der Waals surface area contributed by atoms with E-state index in [0.29, 0.717) is 29.5 Å². The number of nitrogen functional groups attached to an aromatic ring is 1. The molecule has 0 spiro atoms. The molecule has 2 aromatic rings. The number of nitriles is 1. The molecule has 1 aromatic carbocycles. The minimum atomic E-state index is -0.263. The molecule has 5 nitrogen and oxygen atoms in total. The Kier molecular flexibility index (Phi) is 5.07. The Morgan fingerprint density at radius 3 is 2.70 bits per heavy atom. The second-order valence-corrected chi connectivity index (χ2v) is 5.85. The number of methoxy groups -OCH3 is 1. The fourth-order valence-corrected chi connectivity index (χ4v) is 2.38. The lowest BCUT2D eigenvalue weighted by Crippen LogP contribution is -2.23. The molecule has 0 bridgehead atoms. The van der Waals surface area contributed by atoms with Crippen LogP contribution in [0.15, 0.2) is 35.3 Å². The van der Waals surface area contributed by atoms with Gasteiger partial charge < -0.3 is 15.0 Å². The third-order valence-corrected chi connectivity index (χ3v) is 3.77. The van der Waals surface area contributed by atoms with Crippen molar-refractivity contribution in [2.45, 2.75) is 26.8 Å². The van der Waals surface area contributed by atoms with Crippen LogP contribution in [-0.2, 0) is 6.54 Å². The highest BCUT2D eigenvalue weighted by molar-refractivity contribution is 5.73. The van der Waals surface area contributed by atoms with Crippen molar-refractivity contribution in [2.75, 3.05) is 12.8 Å². The molecule has 0 fully saturated rings. The molecule has 0 amide bonds. The number of benzene rings is 1. The zero-order valence-corrected chi connectivity index (χ0v) is 13.7. The molecule has 0 unspecified atom stereocenters. The van der Waals surface area contributed by atoms with Gasteiger partial charge >= 0.3 is 0 Å². The van der Waals surface area contributed by atoms with Gasteiger partial charge in [-0.2, -0.15) is 5.26 Å². The van der Waals surface area contributed by atoms with Crippen LogP contribution in [-0.4, -0.2) is 11.7 Å². The number of nitrogens with two attached hydrogens (primary N) is 1. The highest BCUT2D eigenvalue weighted by Gasteiger charge is 2.13. The van der Waals surface area contributed by atoms with E-state index in [0.717, 1.165) is 12.0 Å². The fraction of sp³-hybridized carbons (Fsp3) is 0.333. The van der Waals surface area contributed by atoms with Crippen molar-refractivity contribution in [1.82, 2.24) is 4.57 Å². The number of rotatable bonds is 5. The molecular formula is C18H21N3O2. The first-order valence-corrected chi connectivity index (χ1v) is 7.55. The average molecular weight is 311 g/mol. The highest BCUT2D eigenvalue weighted by Crippen LogP contribution is 2.29. The van der Waals surface area contributed by atoms with Crippen molar-refractivity contribution in [3.63, 3.8) is 0 Å². The summed E-state index contributed by atoms with van der Waals surface area (Å²) in [6, 6.07) is 9.07. The second kappa shape index (κ2) is 7.01. The number of nitrogens with zero attached hydrogens (tertiary/aromatic N) is 2. The Labute approximate surface area is 135 Å². The molecule has 0 aliphatic heterocycles. The van der Waals surface area contributed by atoms with Crippen LogP contribution in [0.3, 0.4) is 0 Å². The summed E-state index contributed by atoms with van der Waals surface area (Å²) in [5, 5.41) is 9.42. The van der Waals surface area contributed by atoms with Crippen LogP contribution in [0, 0.1) is 17.2 Å². The first kappa shape index (κ1) is 16.6. The van der Waals surface area contributed by atoms with E-state index in [-0.39, 0.29) is 11.1 Å². The van der Waals surface area contributed by atoms with Gasteiger partial charge in [0.1, 0.15) is 17.4 Å². The molecule has 23 heavy (non-hydrogen) atoms. The van der Waals surface area contributed by atoms with Crippen LogP contribution in [0.4, 0.5) is 5.69 Å². The van der Waals surface area contributed by atoms with E-state index < -0.39 is 0 Å². The fourth-order valence-electron chi connectivity index (χ4n) is 2.38. The van der Waals surface area contributed by atoms with Crippen molar-refractivity contribution < 1.29 is 4.74 Å². The van der Waals surface area contributed by atoms with Crippen molar-refractivity contribution in [2.24, 2.45) is 5.92 Å². The SMILES string of the molecule is COc1cc(-c2ccn(CCC(C)C)c(=O)c2C#N)ccc1N. The Bertz CT molecular complexity index is 801. The zero-order chi connectivity index (χ0) is 17.0. The molecule has 0 aliphatic carbocycles. The molecule has 120 valence electrons. The number of hydrogen-bond donors (Lipinski definition) is 1. The smallest absolute Gasteiger partial charge is 0.269 e. The summed E-state index contributed by atoms with van der Waals surface area (Å²) < 4.78 is 6.80. The lowest BCUT2D eigenvalue weighted by molar-refractivity contribution is 0.417. The number of ether oxygens (including phenoxy) is 1. The highest BCUT2D eigenvalue weighted by atomic mass is 16.5. The van der Waals surface area contributed by atoms with Crippen LogP contribution in [0.2, 0.25) is 0 Å². The van der Waals surface area contributed by atoms with Crippen LogP contribution >= 0.6 is 0 Å². The summed E-state index contributed by atoms with van der Waals surface area (Å²) in [7, 11) is 1.53. The van der Waals surface area contributed by atoms with E-state index in [9.17, 15) is 10.1 Å². The number of aromatic nitrogens is 1. The molecule has 0 aliphatic rings. The molecule has 1 heterocycles. The molecule has 2 N–H and O–H groups in total. The van der Waals surface area contributed by atoms with Crippen molar-refractivity contribution in [1.29, 1.82) is 5.26 Å². The minimum Gasteiger partial charge on any atom is -0.495 e. The van der Waals surface area contributed by atoms with Crippen LogP contribution in [0.5, 0.6) is 5.75 Å². The summed E-state index contributed by atoms with van der Waals surface area (Å²) in [6.45, 7) is 4.81. The third kappa shape index (κ3) is 3.54. The van der Waals surface area contributed by atoms with Gasteiger partial charge in [-0.3, -0.25) is 4.79 Å². The van der Waals surface area contributed by atoms with Crippen molar-refractivity contribution >= 4 is 5.69 Å². The lowest BCUT2D eigenvalue weighted by Gasteiger charge is -2.12. The van der Waals surface area contributed by atoms with Crippen molar-refractivity contribution in [3.05, 3.63) is 46.4 Å². The van der Waals surface area contributed by atoms with Gasteiger partial charge in [0.05, 0.1) is 12.8 Å². The quantitative estimate of drug-likeness (QED) is 0.861. The predicted molar refractivity (Wildman–Crippen MR) is 91.3 cm³/mol. The van der Waals surface area contributed by atoms with E-state index in [1.165, 1.54) is 7.11 Å². The van der Waals surface area contributed by atoms with Gasteiger partial charge in [-0.15, -0.1) is 0 Å². The Morgan fingerprint density at radius 2 is 2.09 bits per heavy atom. The van der Waals surface area contributed by atoms with Crippen molar-refractivity contribution in [3.8, 4) is 22.9 Å². The maximum absolute atomic E-state index is 12.5. The topological polar surface area (TPSA) is 81.0 Å². The monoisotopic (exact) mass is 311 g/mol. The van der Waals surface area contributed by atoms with E-state index in [2.05, 4.69) is 13.8 Å². The Balaban J connectivity index is 2.50. The van der Waals surface area contributed by atoms with Gasteiger partial charge in [0.25, 0.3) is 5.56 Å². The standard InChI is InChI=1S/C18H21N3O2/c1-12(2)6-8-21-9-7-14(15(11-19)18(21)22)13-4-5-16(20)17(10-13)23-3/h4-5,7,9-10,12H,6,8,20H2,1-3H3. The van der Waals surface area contributed by atoms with Gasteiger partial charge in [-0.1, -0.05) is 19.9 Å². The summed E-state index contributed by atoms with van der Waals surface area (Å²) in [6.07, 6.45) is 2.63. The molecule has 0 radical (unpaired) electrons. The zero-order valence-electron chi connectivity index (χ0n) is 13.7. The largest absolute Gasteiger partial charge is 0.495 e. The predicted octanol–water partition coefficient (Wildman–Crippen LogP) is 3.02. The van der Waals surface area contributed by atoms with E-state index in [4.69, 9.17) is 10.5 Å². The number of pyridine rings is 1. The second-order valence-electron chi connectivity index (χ2n) is 5.85. The molecule has 1 aromatic heterocycles. The van der Waals surface area contributed by atoms with Crippen LogP contribution in [0.1, 0.15) is 25.8 Å². The third-order valence-electron chi connectivity index (χ3n) is 3.77. The molecule has 0 saturated carbocycles. The molecule has 0 saturated heterocycles. The maximum atomic E-state index is 12.5. The van der Waals surface area contributed by atoms with Gasteiger partial charge in [-0.05, 0) is 36.1 Å². The summed E-state index contributed by atoms with van der Waals surface area (Å²) >= 11 is 0. The normalized spacial score (nSPS) is 10.6. The number of anilines is 1. The Morgan fingerprint density at radius 1 is 1.35 bits per heavy atom. The average Bonchev–Trinajstić information content (AvgIpc) is 2.53. The van der Waals surface area contributed by atoms with Gasteiger partial charge in [-0.25, -0.2) is 0 Å².